The third-order valence-electron chi connectivity index (χ3n) is 6.02. The number of hydrogen-bond donors (Lipinski definition) is 1. The highest BCUT2D eigenvalue weighted by molar-refractivity contribution is 8.26. The van der Waals surface area contributed by atoms with Crippen LogP contribution in [0.5, 0.6) is 5.75 Å². The molecule has 3 aromatic rings. The number of carbonyl (C=O) groups excluding carboxylic acids is 1. The summed E-state index contributed by atoms with van der Waals surface area (Å²) in [5.41, 5.74) is 2.22. The van der Waals surface area contributed by atoms with Crippen LogP contribution in [0.25, 0.3) is 6.08 Å². The number of thioether (sulfide) groups is 1. The maximum atomic E-state index is 13.3. The molecule has 4 rings (SSSR count). The van der Waals surface area contributed by atoms with Gasteiger partial charge < -0.3 is 10.1 Å². The first-order chi connectivity index (χ1) is 17.7. The number of nitriles is 1. The summed E-state index contributed by atoms with van der Waals surface area (Å²) in [6, 6.07) is 15.3. The highest BCUT2D eigenvalue weighted by Gasteiger charge is 2.33. The van der Waals surface area contributed by atoms with E-state index in [-0.39, 0.29) is 17.3 Å². The molecule has 0 bridgehead atoms. The summed E-state index contributed by atoms with van der Waals surface area (Å²) in [5.74, 6) is 0.546. The lowest BCUT2D eigenvalue weighted by atomic mass is 10.0. The van der Waals surface area contributed by atoms with Crippen LogP contribution in [-0.4, -0.2) is 26.8 Å². The summed E-state index contributed by atoms with van der Waals surface area (Å²) in [6.45, 7) is 2.28. The summed E-state index contributed by atoms with van der Waals surface area (Å²) in [6.07, 6.45) is 1.66. The highest BCUT2D eigenvalue weighted by atomic mass is 32.2. The van der Waals surface area contributed by atoms with Crippen LogP contribution in [0.2, 0.25) is 0 Å². The smallest absolute Gasteiger partial charge is 0.270 e. The summed E-state index contributed by atoms with van der Waals surface area (Å²) in [4.78, 5) is 28.0. The van der Waals surface area contributed by atoms with Gasteiger partial charge in [0.15, 0.2) is 0 Å². The van der Waals surface area contributed by atoms with Crippen molar-refractivity contribution in [2.75, 3.05) is 12.4 Å². The minimum atomic E-state index is -0.453. The van der Waals surface area contributed by atoms with Gasteiger partial charge >= 0.3 is 0 Å². The van der Waals surface area contributed by atoms with E-state index in [0.717, 1.165) is 11.1 Å². The number of aromatic nitrogens is 1. The Morgan fingerprint density at radius 3 is 2.41 bits per heavy atom. The first-order valence-electron chi connectivity index (χ1n) is 11.2. The zero-order valence-electron chi connectivity index (χ0n) is 20.4. The average Bonchev–Trinajstić information content (AvgIpc) is 3.16. The number of carbonyl (C=O) groups is 1. The summed E-state index contributed by atoms with van der Waals surface area (Å²) in [7, 11) is 3.14. The lowest BCUT2D eigenvalue weighted by Gasteiger charge is -2.18. The van der Waals surface area contributed by atoms with Gasteiger partial charge in [0.1, 0.15) is 33.3 Å². The number of pyridine rings is 1. The second-order valence-corrected chi connectivity index (χ2v) is 10.0. The van der Waals surface area contributed by atoms with Crippen molar-refractivity contribution in [1.82, 2.24) is 9.47 Å². The van der Waals surface area contributed by atoms with Gasteiger partial charge in [-0.15, -0.1) is 0 Å². The van der Waals surface area contributed by atoms with Gasteiger partial charge in [0.05, 0.1) is 18.6 Å². The fourth-order valence-corrected chi connectivity index (χ4v) is 5.15. The van der Waals surface area contributed by atoms with Crippen molar-refractivity contribution in [3.63, 3.8) is 0 Å². The quantitative estimate of drug-likeness (QED) is 0.347. The Morgan fingerprint density at radius 2 is 1.78 bits per heavy atom. The number of nitrogens with one attached hydrogen (secondary N) is 1. The Morgan fingerprint density at radius 1 is 1.14 bits per heavy atom. The molecule has 0 spiro atoms. The first kappa shape index (κ1) is 26.1. The van der Waals surface area contributed by atoms with Crippen LogP contribution >= 0.6 is 24.0 Å². The normalized spacial score (nSPS) is 14.2. The third-order valence-corrected chi connectivity index (χ3v) is 7.40. The van der Waals surface area contributed by atoms with E-state index < -0.39 is 5.56 Å². The number of hydrogen-bond acceptors (Lipinski definition) is 7. The molecule has 1 saturated heterocycles. The van der Waals surface area contributed by atoms with Crippen molar-refractivity contribution >= 4 is 46.1 Å². The van der Waals surface area contributed by atoms with Crippen LogP contribution in [0, 0.1) is 24.1 Å². The monoisotopic (exact) mass is 534 g/mol. The van der Waals surface area contributed by atoms with E-state index in [9.17, 15) is 19.2 Å². The van der Waals surface area contributed by atoms with Crippen LogP contribution in [-0.2, 0) is 24.9 Å². The fraction of sp³-hybridized carbons (Fsp3) is 0.185. The van der Waals surface area contributed by atoms with Crippen LogP contribution < -0.4 is 15.6 Å². The lowest BCUT2D eigenvalue weighted by Crippen LogP contribution is -2.27. The summed E-state index contributed by atoms with van der Waals surface area (Å²) in [5, 5.41) is 12.8. The predicted molar refractivity (Wildman–Crippen MR) is 147 cm³/mol. The standard InChI is InChI=1S/C27H23FN4O3S2/c1-16-21(12-23-26(34)32(27(36)37-23)15-18-6-10-20(35-3)11-7-18)24(31(2)25(33)22(16)13-29)30-14-17-4-8-19(28)9-5-17/h4-12,30H,14-15H2,1-3H3/b23-12+. The Kier molecular flexibility index (Phi) is 7.76. The van der Waals surface area contributed by atoms with Crippen molar-refractivity contribution in [3.05, 3.63) is 97.4 Å². The van der Waals surface area contributed by atoms with Crippen LogP contribution in [0.1, 0.15) is 27.8 Å². The molecular formula is C27H23FN4O3S2. The number of rotatable bonds is 7. The maximum Gasteiger partial charge on any atom is 0.270 e. The maximum absolute atomic E-state index is 13.3. The van der Waals surface area contributed by atoms with Gasteiger partial charge in [0.25, 0.3) is 11.5 Å². The Labute approximate surface area is 223 Å². The van der Waals surface area contributed by atoms with E-state index in [1.807, 2.05) is 30.3 Å². The number of methoxy groups -OCH3 is 1. The zero-order chi connectivity index (χ0) is 26.7. The van der Waals surface area contributed by atoms with E-state index in [0.29, 0.717) is 45.0 Å². The summed E-state index contributed by atoms with van der Waals surface area (Å²) >= 11 is 6.66. The Balaban J connectivity index is 1.69. The fourth-order valence-electron chi connectivity index (χ4n) is 3.91. The molecule has 1 aliphatic rings. The number of ether oxygens (including phenoxy) is 1. The third kappa shape index (κ3) is 5.43. The highest BCUT2D eigenvalue weighted by Crippen LogP contribution is 2.36. The molecule has 0 radical (unpaired) electrons. The second kappa shape index (κ2) is 11.0. The number of benzene rings is 2. The first-order valence-corrected chi connectivity index (χ1v) is 12.5. The number of anilines is 1. The van der Waals surface area contributed by atoms with Crippen LogP contribution in [0.4, 0.5) is 10.2 Å². The number of halogens is 1. The Hall–Kier alpha value is -3.94. The molecule has 188 valence electrons. The van der Waals surface area contributed by atoms with Crippen molar-refractivity contribution in [2.24, 2.45) is 7.05 Å². The molecule has 37 heavy (non-hydrogen) atoms. The van der Waals surface area contributed by atoms with Crippen molar-refractivity contribution in [3.8, 4) is 11.8 Å². The van der Waals surface area contributed by atoms with Gasteiger partial charge in [-0.2, -0.15) is 5.26 Å². The average molecular weight is 535 g/mol. The molecule has 7 nitrogen and oxygen atoms in total. The van der Waals surface area contributed by atoms with E-state index >= 15 is 0 Å². The van der Waals surface area contributed by atoms with Crippen LogP contribution in [0.3, 0.4) is 0 Å². The summed E-state index contributed by atoms with van der Waals surface area (Å²) < 4.78 is 20.3. The molecule has 1 fully saturated rings. The predicted octanol–water partition coefficient (Wildman–Crippen LogP) is 4.73. The molecule has 0 aliphatic carbocycles. The van der Waals surface area contributed by atoms with E-state index in [1.165, 1.54) is 33.4 Å². The minimum absolute atomic E-state index is 0.00482. The van der Waals surface area contributed by atoms with Gasteiger partial charge in [-0.25, -0.2) is 4.39 Å². The van der Waals surface area contributed by atoms with Gasteiger partial charge in [0, 0.05) is 19.2 Å². The zero-order valence-corrected chi connectivity index (χ0v) is 22.0. The van der Waals surface area contributed by atoms with Crippen molar-refractivity contribution < 1.29 is 13.9 Å². The molecule has 1 aliphatic heterocycles. The van der Waals surface area contributed by atoms with Crippen molar-refractivity contribution in [1.29, 1.82) is 5.26 Å². The molecule has 2 aromatic carbocycles. The molecule has 10 heteroatoms. The number of nitrogens with zero attached hydrogens (tertiary/aromatic N) is 3. The minimum Gasteiger partial charge on any atom is -0.497 e. The number of amides is 1. The van der Waals surface area contributed by atoms with Gasteiger partial charge in [-0.05, 0) is 54.0 Å². The molecular weight excluding hydrogens is 511 g/mol. The SMILES string of the molecule is COc1ccc(CN2C(=O)/C(=C\c3c(C)c(C#N)c(=O)n(C)c3NCc3ccc(F)cc3)SC2=S)cc1. The van der Waals surface area contributed by atoms with E-state index in [1.54, 1.807) is 39.3 Å². The molecule has 1 aromatic heterocycles. The van der Waals surface area contributed by atoms with E-state index in [4.69, 9.17) is 17.0 Å². The molecule has 2 heterocycles. The number of thiocarbonyl (C=S) groups is 1. The van der Waals surface area contributed by atoms with Gasteiger partial charge in [-0.3, -0.25) is 19.1 Å². The largest absolute Gasteiger partial charge is 0.497 e. The molecule has 1 amide bonds. The second-order valence-electron chi connectivity index (χ2n) is 8.33. The topological polar surface area (TPSA) is 87.4 Å². The lowest BCUT2D eigenvalue weighted by molar-refractivity contribution is -0.122. The van der Waals surface area contributed by atoms with Gasteiger partial charge in [-0.1, -0.05) is 48.2 Å². The molecule has 0 atom stereocenters. The van der Waals surface area contributed by atoms with Gasteiger partial charge in [0.2, 0.25) is 0 Å². The molecule has 0 unspecified atom stereocenters. The Bertz CT molecular complexity index is 1510. The van der Waals surface area contributed by atoms with Crippen LogP contribution in [0.15, 0.2) is 58.2 Å². The van der Waals surface area contributed by atoms with Crippen molar-refractivity contribution in [2.45, 2.75) is 20.0 Å². The van der Waals surface area contributed by atoms with E-state index in [2.05, 4.69) is 5.32 Å². The molecule has 0 saturated carbocycles. The molecule has 1 N–H and O–H groups in total.